The molecular weight excluding hydrogens is 278 g/mol. The van der Waals surface area contributed by atoms with Crippen molar-refractivity contribution in [1.29, 1.82) is 0 Å². The van der Waals surface area contributed by atoms with Crippen LogP contribution in [0.1, 0.15) is 11.3 Å². The Bertz CT molecular complexity index is 463. The van der Waals surface area contributed by atoms with Gasteiger partial charge in [-0.15, -0.1) is 11.3 Å². The van der Waals surface area contributed by atoms with Crippen molar-refractivity contribution in [2.45, 2.75) is 23.1 Å². The number of hydrogen-bond donors (Lipinski definition) is 2. The van der Waals surface area contributed by atoms with E-state index in [9.17, 15) is 8.42 Å². The van der Waals surface area contributed by atoms with E-state index in [1.165, 1.54) is 11.3 Å². The van der Waals surface area contributed by atoms with E-state index in [4.69, 9.17) is 5.11 Å². The van der Waals surface area contributed by atoms with Crippen molar-refractivity contribution in [2.24, 2.45) is 0 Å². The van der Waals surface area contributed by atoms with Gasteiger partial charge in [-0.1, -0.05) is 0 Å². The van der Waals surface area contributed by atoms with Gasteiger partial charge >= 0.3 is 0 Å². The van der Waals surface area contributed by atoms with Crippen LogP contribution in [0.25, 0.3) is 0 Å². The first-order chi connectivity index (χ1) is 8.12. The van der Waals surface area contributed by atoms with E-state index in [0.29, 0.717) is 10.6 Å². The molecule has 1 atom stereocenters. The Labute approximate surface area is 109 Å². The number of hydrogen-bond acceptors (Lipinski definition) is 5. The molecule has 1 unspecified atom stereocenters. The molecule has 2 N–H and O–H groups in total. The number of nitrogens with one attached hydrogen (secondary N) is 1. The lowest BCUT2D eigenvalue weighted by molar-refractivity contribution is 0.300. The molecule has 0 bridgehead atoms. The lowest BCUT2D eigenvalue weighted by Crippen LogP contribution is -2.34. The van der Waals surface area contributed by atoms with Gasteiger partial charge < -0.3 is 5.11 Å². The molecule has 1 aliphatic heterocycles. The Morgan fingerprint density at radius 2 is 2.29 bits per heavy atom. The van der Waals surface area contributed by atoms with Gasteiger partial charge in [0.15, 0.2) is 0 Å². The maximum Gasteiger partial charge on any atom is 0.250 e. The molecule has 96 valence electrons. The summed E-state index contributed by atoms with van der Waals surface area (Å²) in [7, 11) is -3.37. The predicted octanol–water partition coefficient (Wildman–Crippen LogP) is 1.07. The highest BCUT2D eigenvalue weighted by atomic mass is 32.2. The maximum atomic E-state index is 12.0. The molecule has 17 heavy (non-hydrogen) atoms. The second-order valence-electron chi connectivity index (χ2n) is 3.88. The maximum absolute atomic E-state index is 12.0. The molecular formula is C10H15NO3S3. The minimum Gasteiger partial charge on any atom is -0.396 e. The van der Waals surface area contributed by atoms with E-state index in [-0.39, 0.29) is 12.6 Å². The quantitative estimate of drug-likeness (QED) is 0.852. The number of sulfonamides is 1. The van der Waals surface area contributed by atoms with Gasteiger partial charge in [-0.3, -0.25) is 0 Å². The van der Waals surface area contributed by atoms with Crippen molar-refractivity contribution < 1.29 is 13.5 Å². The fourth-order valence-corrected chi connectivity index (χ4v) is 5.54. The lowest BCUT2D eigenvalue weighted by atomic mass is 10.3. The topological polar surface area (TPSA) is 66.4 Å². The van der Waals surface area contributed by atoms with E-state index in [1.54, 1.807) is 23.9 Å². The number of rotatable bonds is 5. The van der Waals surface area contributed by atoms with Crippen molar-refractivity contribution in [3.8, 4) is 0 Å². The largest absolute Gasteiger partial charge is 0.396 e. The zero-order valence-electron chi connectivity index (χ0n) is 9.26. The SMILES string of the molecule is O=S(=O)(NC1CCSC1)c1ccc(CCO)s1. The highest BCUT2D eigenvalue weighted by Crippen LogP contribution is 2.24. The van der Waals surface area contributed by atoms with Crippen LogP contribution in [0.15, 0.2) is 16.3 Å². The summed E-state index contributed by atoms with van der Waals surface area (Å²) in [5.74, 6) is 1.88. The molecule has 2 rings (SSSR count). The van der Waals surface area contributed by atoms with Crippen molar-refractivity contribution in [2.75, 3.05) is 18.1 Å². The van der Waals surface area contributed by atoms with Crippen LogP contribution >= 0.6 is 23.1 Å². The standard InChI is InChI=1S/C10H15NO3S3/c12-5-3-9-1-2-10(16-9)17(13,14)11-8-4-6-15-7-8/h1-2,8,11-12H,3-7H2. The minimum absolute atomic E-state index is 0.0483. The molecule has 0 amide bonds. The van der Waals surface area contributed by atoms with Gasteiger partial charge in [0.25, 0.3) is 0 Å². The Hall–Kier alpha value is -0.0800. The average molecular weight is 293 g/mol. The van der Waals surface area contributed by atoms with Gasteiger partial charge in [0.2, 0.25) is 10.0 Å². The van der Waals surface area contributed by atoms with E-state index >= 15 is 0 Å². The van der Waals surface area contributed by atoms with Crippen molar-refractivity contribution in [1.82, 2.24) is 4.72 Å². The van der Waals surface area contributed by atoms with Crippen LogP contribution in [0.5, 0.6) is 0 Å². The summed E-state index contributed by atoms with van der Waals surface area (Å²) in [5.41, 5.74) is 0. The highest BCUT2D eigenvalue weighted by Gasteiger charge is 2.24. The number of thiophene rings is 1. The summed E-state index contributed by atoms with van der Waals surface area (Å²) >= 11 is 3.01. The molecule has 4 nitrogen and oxygen atoms in total. The first-order valence-corrected chi connectivity index (χ1v) is 8.87. The molecule has 1 fully saturated rings. The van der Waals surface area contributed by atoms with Crippen LogP contribution in [0.2, 0.25) is 0 Å². The Kier molecular flexibility index (Phi) is 4.48. The van der Waals surface area contributed by atoms with Crippen molar-refractivity contribution >= 4 is 33.1 Å². The summed E-state index contributed by atoms with van der Waals surface area (Å²) in [5, 5.41) is 8.80. The summed E-state index contributed by atoms with van der Waals surface area (Å²) in [6.07, 6.45) is 1.41. The molecule has 1 aliphatic rings. The van der Waals surface area contributed by atoms with Gasteiger partial charge in [-0.25, -0.2) is 13.1 Å². The molecule has 0 radical (unpaired) electrons. The lowest BCUT2D eigenvalue weighted by Gasteiger charge is -2.10. The van der Waals surface area contributed by atoms with Crippen LogP contribution < -0.4 is 4.72 Å². The summed E-state index contributed by atoms with van der Waals surface area (Å²) in [6.45, 7) is 0.0483. The fourth-order valence-electron chi connectivity index (χ4n) is 1.65. The Balaban J connectivity index is 2.07. The fraction of sp³-hybridized carbons (Fsp3) is 0.600. The van der Waals surface area contributed by atoms with Crippen LogP contribution in [0.3, 0.4) is 0 Å². The monoisotopic (exact) mass is 293 g/mol. The first-order valence-electron chi connectivity index (χ1n) is 5.41. The third-order valence-electron chi connectivity index (χ3n) is 2.51. The van der Waals surface area contributed by atoms with E-state index < -0.39 is 10.0 Å². The second-order valence-corrected chi connectivity index (χ2v) is 8.14. The van der Waals surface area contributed by atoms with Crippen LogP contribution in [-0.2, 0) is 16.4 Å². The van der Waals surface area contributed by atoms with Gasteiger partial charge in [-0.05, 0) is 24.3 Å². The average Bonchev–Trinajstić information content (AvgIpc) is 2.88. The molecule has 7 heteroatoms. The van der Waals surface area contributed by atoms with Gasteiger partial charge in [-0.2, -0.15) is 11.8 Å². The third-order valence-corrected chi connectivity index (χ3v) is 6.83. The number of aliphatic hydroxyl groups is 1. The zero-order chi connectivity index (χ0) is 12.3. The van der Waals surface area contributed by atoms with Crippen molar-refractivity contribution in [3.63, 3.8) is 0 Å². The second kappa shape index (κ2) is 5.71. The zero-order valence-corrected chi connectivity index (χ0v) is 11.7. The van der Waals surface area contributed by atoms with Crippen molar-refractivity contribution in [3.05, 3.63) is 17.0 Å². The van der Waals surface area contributed by atoms with E-state index in [1.807, 2.05) is 0 Å². The molecule has 0 aromatic carbocycles. The number of thioether (sulfide) groups is 1. The molecule has 0 spiro atoms. The minimum atomic E-state index is -3.37. The Morgan fingerprint density at radius 1 is 1.47 bits per heavy atom. The van der Waals surface area contributed by atoms with Gasteiger partial charge in [0.05, 0.1) is 0 Å². The predicted molar refractivity (Wildman–Crippen MR) is 71.2 cm³/mol. The van der Waals surface area contributed by atoms with E-state index in [2.05, 4.69) is 4.72 Å². The van der Waals surface area contributed by atoms with Crippen LogP contribution in [-0.4, -0.2) is 37.7 Å². The Morgan fingerprint density at radius 3 is 2.94 bits per heavy atom. The highest BCUT2D eigenvalue weighted by molar-refractivity contribution is 7.99. The third kappa shape index (κ3) is 3.45. The number of aliphatic hydroxyl groups excluding tert-OH is 1. The summed E-state index contributed by atoms with van der Waals surface area (Å²) in [6, 6.07) is 3.44. The molecule has 1 aromatic heterocycles. The normalized spacial score (nSPS) is 20.9. The molecule has 1 saturated heterocycles. The van der Waals surface area contributed by atoms with Crippen LogP contribution in [0.4, 0.5) is 0 Å². The van der Waals surface area contributed by atoms with Crippen LogP contribution in [0, 0.1) is 0 Å². The first kappa shape index (κ1) is 13.4. The van der Waals surface area contributed by atoms with Gasteiger partial charge in [0.1, 0.15) is 4.21 Å². The molecule has 2 heterocycles. The summed E-state index contributed by atoms with van der Waals surface area (Å²) in [4.78, 5) is 0.897. The molecule has 0 saturated carbocycles. The molecule has 1 aromatic rings. The molecule has 0 aliphatic carbocycles. The summed E-state index contributed by atoms with van der Waals surface area (Å²) < 4.78 is 27.1. The van der Waals surface area contributed by atoms with E-state index in [0.717, 1.165) is 22.8 Å². The smallest absolute Gasteiger partial charge is 0.250 e. The van der Waals surface area contributed by atoms with Gasteiger partial charge in [0, 0.05) is 29.7 Å².